The molecule has 0 bridgehead atoms. The molecule has 0 aliphatic carbocycles. The van der Waals surface area contributed by atoms with Crippen molar-refractivity contribution in [3.05, 3.63) is 0 Å². The van der Waals surface area contributed by atoms with E-state index in [1.807, 2.05) is 25.7 Å². The molecule has 2 saturated heterocycles. The van der Waals surface area contributed by atoms with Gasteiger partial charge in [0.1, 0.15) is 12.1 Å². The predicted molar refractivity (Wildman–Crippen MR) is 80.0 cm³/mol. The molecule has 0 aromatic heterocycles. The second-order valence-electron chi connectivity index (χ2n) is 6.82. The smallest absolute Gasteiger partial charge is 0.326 e. The Morgan fingerprint density at radius 1 is 1.29 bits per heavy atom. The van der Waals surface area contributed by atoms with Crippen molar-refractivity contribution in [2.75, 3.05) is 32.7 Å². The molecule has 0 aromatic rings. The molecular formula is C15H27N3O3. The maximum absolute atomic E-state index is 12.5. The summed E-state index contributed by atoms with van der Waals surface area (Å²) in [4.78, 5) is 28.0. The molecule has 21 heavy (non-hydrogen) atoms. The van der Waals surface area contributed by atoms with E-state index in [1.54, 1.807) is 4.90 Å². The molecule has 0 unspecified atom stereocenters. The molecule has 2 fully saturated rings. The van der Waals surface area contributed by atoms with E-state index in [0.717, 1.165) is 38.9 Å². The van der Waals surface area contributed by atoms with E-state index < -0.39 is 5.60 Å². The van der Waals surface area contributed by atoms with Crippen molar-refractivity contribution in [3.8, 4) is 0 Å². The van der Waals surface area contributed by atoms with Gasteiger partial charge in [-0.15, -0.1) is 0 Å². The molecule has 0 radical (unpaired) electrons. The van der Waals surface area contributed by atoms with E-state index in [9.17, 15) is 9.59 Å². The topological polar surface area (TPSA) is 61.9 Å². The summed E-state index contributed by atoms with van der Waals surface area (Å²) in [5, 5.41) is 3.31. The van der Waals surface area contributed by atoms with Crippen LogP contribution in [0.4, 0.5) is 4.79 Å². The minimum Gasteiger partial charge on any atom is -0.459 e. The highest BCUT2D eigenvalue weighted by molar-refractivity contribution is 5.82. The molecule has 2 amide bonds. The van der Waals surface area contributed by atoms with E-state index in [4.69, 9.17) is 4.74 Å². The van der Waals surface area contributed by atoms with Gasteiger partial charge in [-0.2, -0.15) is 0 Å². The average molecular weight is 297 g/mol. The highest BCUT2D eigenvalue weighted by Gasteiger charge is 2.33. The van der Waals surface area contributed by atoms with Gasteiger partial charge in [-0.25, -0.2) is 4.79 Å². The molecule has 2 rings (SSSR count). The first-order valence-corrected chi connectivity index (χ1v) is 7.85. The van der Waals surface area contributed by atoms with Gasteiger partial charge in [0, 0.05) is 19.1 Å². The number of piperidine rings is 1. The molecule has 0 atom stereocenters. The van der Waals surface area contributed by atoms with Crippen LogP contribution in [-0.4, -0.2) is 66.2 Å². The van der Waals surface area contributed by atoms with Gasteiger partial charge in [0.25, 0.3) is 0 Å². The Kier molecular flexibility index (Phi) is 5.08. The lowest BCUT2D eigenvalue weighted by Crippen LogP contribution is -2.56. The van der Waals surface area contributed by atoms with Crippen LogP contribution in [0.1, 0.15) is 40.0 Å². The van der Waals surface area contributed by atoms with Gasteiger partial charge in [0.05, 0.1) is 0 Å². The number of carbonyl (C=O) groups excluding carboxylic acids is 2. The van der Waals surface area contributed by atoms with Crippen molar-refractivity contribution in [1.82, 2.24) is 15.1 Å². The number of hydrogen-bond acceptors (Lipinski definition) is 4. The van der Waals surface area contributed by atoms with E-state index in [2.05, 4.69) is 5.32 Å². The Balaban J connectivity index is 1.91. The van der Waals surface area contributed by atoms with E-state index >= 15 is 0 Å². The number of rotatable bonds is 3. The van der Waals surface area contributed by atoms with Crippen LogP contribution in [0.2, 0.25) is 0 Å². The summed E-state index contributed by atoms with van der Waals surface area (Å²) < 4.78 is 5.31. The van der Waals surface area contributed by atoms with Crippen molar-refractivity contribution < 1.29 is 14.3 Å². The lowest BCUT2D eigenvalue weighted by molar-refractivity contribution is -0.155. The maximum atomic E-state index is 12.5. The first-order valence-electron chi connectivity index (χ1n) is 7.85. The first-order chi connectivity index (χ1) is 9.87. The van der Waals surface area contributed by atoms with Crippen LogP contribution in [0.5, 0.6) is 0 Å². The first kappa shape index (κ1) is 16.1. The fraction of sp³-hybridized carbons (Fsp3) is 0.867. The van der Waals surface area contributed by atoms with Crippen LogP contribution >= 0.6 is 0 Å². The van der Waals surface area contributed by atoms with Gasteiger partial charge in [-0.1, -0.05) is 0 Å². The predicted octanol–water partition coefficient (Wildman–Crippen LogP) is 1.21. The average Bonchev–Trinajstić information content (AvgIpc) is 2.40. The number of nitrogens with zero attached hydrogens (tertiary/aromatic N) is 2. The minimum atomic E-state index is -0.509. The third-order valence-electron chi connectivity index (χ3n) is 3.83. The van der Waals surface area contributed by atoms with Gasteiger partial charge in [-0.05, 0) is 53.1 Å². The highest BCUT2D eigenvalue weighted by Crippen LogP contribution is 2.19. The molecule has 1 N–H and O–H groups in total. The van der Waals surface area contributed by atoms with Gasteiger partial charge < -0.3 is 19.9 Å². The number of ether oxygens (including phenoxy) is 1. The molecule has 0 spiro atoms. The molecular weight excluding hydrogens is 270 g/mol. The number of nitrogens with one attached hydrogen (secondary N) is 1. The van der Waals surface area contributed by atoms with Gasteiger partial charge in [-0.3, -0.25) is 4.79 Å². The molecule has 6 heteroatoms. The van der Waals surface area contributed by atoms with Crippen molar-refractivity contribution in [2.24, 2.45) is 0 Å². The zero-order valence-corrected chi connectivity index (χ0v) is 13.4. The lowest BCUT2D eigenvalue weighted by Gasteiger charge is -2.41. The number of amides is 2. The third kappa shape index (κ3) is 4.59. The normalized spacial score (nSPS) is 21.6. The molecule has 2 aliphatic heterocycles. The van der Waals surface area contributed by atoms with Crippen LogP contribution in [0.15, 0.2) is 0 Å². The monoisotopic (exact) mass is 297 g/mol. The van der Waals surface area contributed by atoms with Gasteiger partial charge in [0.2, 0.25) is 0 Å². The van der Waals surface area contributed by atoms with Crippen LogP contribution < -0.4 is 5.32 Å². The summed E-state index contributed by atoms with van der Waals surface area (Å²) in [6.45, 7) is 8.92. The Hall–Kier alpha value is -1.30. The van der Waals surface area contributed by atoms with Crippen LogP contribution in [-0.2, 0) is 9.53 Å². The molecule has 120 valence electrons. The van der Waals surface area contributed by atoms with Gasteiger partial charge >= 0.3 is 12.0 Å². The number of esters is 1. The Morgan fingerprint density at radius 2 is 1.95 bits per heavy atom. The fourth-order valence-electron chi connectivity index (χ4n) is 2.94. The van der Waals surface area contributed by atoms with E-state index in [1.165, 1.54) is 0 Å². The second kappa shape index (κ2) is 6.64. The fourth-order valence-corrected chi connectivity index (χ4v) is 2.94. The zero-order valence-electron chi connectivity index (χ0n) is 13.4. The molecule has 2 aliphatic rings. The maximum Gasteiger partial charge on any atom is 0.326 e. The summed E-state index contributed by atoms with van der Waals surface area (Å²) in [6, 6.07) is 0.291. The summed E-state index contributed by atoms with van der Waals surface area (Å²) in [5.41, 5.74) is -0.509. The van der Waals surface area contributed by atoms with Crippen molar-refractivity contribution in [1.29, 1.82) is 0 Å². The largest absolute Gasteiger partial charge is 0.459 e. The van der Waals surface area contributed by atoms with Crippen LogP contribution in [0, 0.1) is 0 Å². The Bertz CT molecular complexity index is 386. The van der Waals surface area contributed by atoms with Crippen LogP contribution in [0.3, 0.4) is 0 Å². The van der Waals surface area contributed by atoms with Gasteiger partial charge in [0.15, 0.2) is 0 Å². The molecule has 0 aromatic carbocycles. The zero-order chi connectivity index (χ0) is 15.5. The molecule has 6 nitrogen and oxygen atoms in total. The Morgan fingerprint density at radius 3 is 2.57 bits per heavy atom. The number of carbonyl (C=O) groups is 2. The van der Waals surface area contributed by atoms with E-state index in [0.29, 0.717) is 12.6 Å². The summed E-state index contributed by atoms with van der Waals surface area (Å²) in [6.07, 6.45) is 2.90. The van der Waals surface area contributed by atoms with E-state index in [-0.39, 0.29) is 18.5 Å². The van der Waals surface area contributed by atoms with Crippen molar-refractivity contribution in [2.45, 2.75) is 51.7 Å². The Labute approximate surface area is 126 Å². The number of hydrogen-bond donors (Lipinski definition) is 1. The lowest BCUT2D eigenvalue weighted by atomic mass is 10.0. The second-order valence-corrected chi connectivity index (χ2v) is 6.82. The van der Waals surface area contributed by atoms with Crippen LogP contribution in [0.25, 0.3) is 0 Å². The molecule has 0 saturated carbocycles. The summed E-state index contributed by atoms with van der Waals surface area (Å²) in [5.74, 6) is -0.331. The highest BCUT2D eigenvalue weighted by atomic mass is 16.6. The van der Waals surface area contributed by atoms with Crippen molar-refractivity contribution in [3.63, 3.8) is 0 Å². The SMILES string of the molecule is CC(C)(C)OC(=O)CN1CCCN(C2CCNCC2)C1=O. The standard InChI is InChI=1S/C15H27N3O3/c1-15(2,3)21-13(19)11-17-9-4-10-18(14(17)20)12-5-7-16-8-6-12/h12,16H,4-11H2,1-3H3. The van der Waals surface area contributed by atoms with Crippen molar-refractivity contribution >= 4 is 12.0 Å². The minimum absolute atomic E-state index is 0.0148. The third-order valence-corrected chi connectivity index (χ3v) is 3.83. The summed E-state index contributed by atoms with van der Waals surface area (Å²) in [7, 11) is 0. The summed E-state index contributed by atoms with van der Waals surface area (Å²) >= 11 is 0. The number of urea groups is 1. The molecule has 2 heterocycles. The quantitative estimate of drug-likeness (QED) is 0.795.